The van der Waals surface area contributed by atoms with Crippen molar-refractivity contribution in [3.63, 3.8) is 0 Å². The molecule has 2 aliphatic rings. The summed E-state index contributed by atoms with van der Waals surface area (Å²) in [4.78, 5) is 31.7. The van der Waals surface area contributed by atoms with E-state index in [1.54, 1.807) is 7.11 Å². The Kier molecular flexibility index (Phi) is 7.22. The minimum Gasteiger partial charge on any atom is -0.497 e. The third kappa shape index (κ3) is 5.66. The maximum absolute atomic E-state index is 13.1. The molecule has 0 radical (unpaired) electrons. The molecule has 4 rings (SSSR count). The van der Waals surface area contributed by atoms with E-state index >= 15 is 0 Å². The predicted octanol–water partition coefficient (Wildman–Crippen LogP) is 3.37. The number of aryl methyl sites for hydroxylation is 1. The summed E-state index contributed by atoms with van der Waals surface area (Å²) >= 11 is 5.97. The van der Waals surface area contributed by atoms with Crippen LogP contribution in [0.3, 0.4) is 0 Å². The molecule has 8 heteroatoms. The van der Waals surface area contributed by atoms with Gasteiger partial charge in [-0.1, -0.05) is 35.9 Å². The highest BCUT2D eigenvalue weighted by molar-refractivity contribution is 6.30. The lowest BCUT2D eigenvalue weighted by molar-refractivity contribution is -0.132. The molecule has 1 N–H and O–H groups in total. The summed E-state index contributed by atoms with van der Waals surface area (Å²) in [6, 6.07) is 15.4. The van der Waals surface area contributed by atoms with Gasteiger partial charge in [0.15, 0.2) is 0 Å². The van der Waals surface area contributed by atoms with Crippen LogP contribution in [0.5, 0.6) is 5.75 Å². The lowest BCUT2D eigenvalue weighted by Gasteiger charge is -2.36. The number of methoxy groups -OCH3 is 1. The van der Waals surface area contributed by atoms with E-state index in [2.05, 4.69) is 27.2 Å². The number of nitrogens with zero attached hydrogens (tertiary/aromatic N) is 3. The summed E-state index contributed by atoms with van der Waals surface area (Å²) in [5.41, 5.74) is 1.46. The topological polar surface area (TPSA) is 65.1 Å². The normalized spacial score (nSPS) is 22.0. The molecule has 0 saturated carbocycles. The molecule has 0 spiro atoms. The van der Waals surface area contributed by atoms with Crippen molar-refractivity contribution in [3.8, 4) is 5.75 Å². The number of benzene rings is 2. The van der Waals surface area contributed by atoms with Gasteiger partial charge in [0.25, 0.3) is 5.91 Å². The second-order valence-electron chi connectivity index (χ2n) is 9.01. The van der Waals surface area contributed by atoms with Gasteiger partial charge in [0.1, 0.15) is 11.3 Å². The first-order chi connectivity index (χ1) is 15.9. The fraction of sp³-hybridized carbons (Fsp3) is 0.440. The standard InChI is InChI=1S/C25H31ClN4O3/c1-25(12-11-19-5-9-22(33-2)10-6-19)23(31)30(24(32)27-25)18-29-15-13-28(14-16-29)17-20-3-7-21(26)8-4-20/h3-10H,11-18H2,1-2H3,(H,27,32). The number of hydrogen-bond donors (Lipinski definition) is 1. The minimum atomic E-state index is -0.882. The van der Waals surface area contributed by atoms with Gasteiger partial charge in [-0.3, -0.25) is 14.6 Å². The average molecular weight is 471 g/mol. The van der Waals surface area contributed by atoms with Gasteiger partial charge < -0.3 is 10.1 Å². The molecule has 2 saturated heterocycles. The van der Waals surface area contributed by atoms with Crippen LogP contribution in [0.25, 0.3) is 0 Å². The van der Waals surface area contributed by atoms with Crippen molar-refractivity contribution >= 4 is 23.5 Å². The smallest absolute Gasteiger partial charge is 0.326 e. The zero-order valence-electron chi connectivity index (χ0n) is 19.2. The van der Waals surface area contributed by atoms with Crippen LogP contribution in [-0.4, -0.2) is 72.1 Å². The molecule has 2 aromatic rings. The molecule has 2 aliphatic heterocycles. The van der Waals surface area contributed by atoms with Crippen LogP contribution >= 0.6 is 11.6 Å². The Hall–Kier alpha value is -2.61. The first-order valence-corrected chi connectivity index (χ1v) is 11.7. The minimum absolute atomic E-state index is 0.149. The zero-order valence-corrected chi connectivity index (χ0v) is 20.0. The van der Waals surface area contributed by atoms with Crippen molar-refractivity contribution in [3.05, 3.63) is 64.7 Å². The van der Waals surface area contributed by atoms with Gasteiger partial charge in [-0.05, 0) is 55.2 Å². The molecule has 2 fully saturated rings. The van der Waals surface area contributed by atoms with Crippen LogP contribution in [0.2, 0.25) is 5.02 Å². The first-order valence-electron chi connectivity index (χ1n) is 11.3. The van der Waals surface area contributed by atoms with Gasteiger partial charge in [-0.15, -0.1) is 0 Å². The number of carbonyl (C=O) groups is 2. The molecule has 176 valence electrons. The number of rotatable bonds is 8. The van der Waals surface area contributed by atoms with Crippen molar-refractivity contribution in [2.45, 2.75) is 31.8 Å². The van der Waals surface area contributed by atoms with Crippen molar-refractivity contribution in [1.82, 2.24) is 20.0 Å². The molecule has 2 aromatic carbocycles. The molecule has 0 bridgehead atoms. The van der Waals surface area contributed by atoms with Crippen LogP contribution < -0.4 is 10.1 Å². The van der Waals surface area contributed by atoms with Gasteiger partial charge in [0, 0.05) is 37.7 Å². The van der Waals surface area contributed by atoms with Gasteiger partial charge in [0.05, 0.1) is 13.8 Å². The van der Waals surface area contributed by atoms with Gasteiger partial charge in [-0.25, -0.2) is 9.69 Å². The molecular formula is C25H31ClN4O3. The number of nitrogens with one attached hydrogen (secondary N) is 1. The summed E-state index contributed by atoms with van der Waals surface area (Å²) in [5, 5.41) is 3.67. The Balaban J connectivity index is 1.27. The highest BCUT2D eigenvalue weighted by Crippen LogP contribution is 2.24. The van der Waals surface area contributed by atoms with Crippen LogP contribution in [0.15, 0.2) is 48.5 Å². The Bertz CT molecular complexity index is 974. The summed E-state index contributed by atoms with van der Waals surface area (Å²) in [6.45, 7) is 6.43. The van der Waals surface area contributed by atoms with E-state index in [1.165, 1.54) is 10.5 Å². The molecule has 1 unspecified atom stereocenters. The van der Waals surface area contributed by atoms with Crippen molar-refractivity contribution in [2.24, 2.45) is 0 Å². The Labute approximate surface area is 200 Å². The second kappa shape index (κ2) is 10.1. The van der Waals surface area contributed by atoms with Crippen LogP contribution in [0.1, 0.15) is 24.5 Å². The molecule has 33 heavy (non-hydrogen) atoms. The number of ether oxygens (including phenoxy) is 1. The van der Waals surface area contributed by atoms with E-state index in [-0.39, 0.29) is 11.9 Å². The fourth-order valence-corrected chi connectivity index (χ4v) is 4.49. The monoisotopic (exact) mass is 470 g/mol. The Morgan fingerprint density at radius 3 is 2.18 bits per heavy atom. The lowest BCUT2D eigenvalue weighted by atomic mass is 9.93. The van der Waals surface area contributed by atoms with E-state index in [1.807, 2.05) is 43.3 Å². The Morgan fingerprint density at radius 1 is 0.939 bits per heavy atom. The van der Waals surface area contributed by atoms with Gasteiger partial charge >= 0.3 is 6.03 Å². The van der Waals surface area contributed by atoms with Crippen molar-refractivity contribution in [2.75, 3.05) is 40.0 Å². The molecule has 1 atom stereocenters. The van der Waals surface area contributed by atoms with E-state index in [4.69, 9.17) is 16.3 Å². The molecular weight excluding hydrogens is 440 g/mol. The highest BCUT2D eigenvalue weighted by Gasteiger charge is 2.47. The third-order valence-corrected chi connectivity index (χ3v) is 6.80. The van der Waals surface area contributed by atoms with E-state index in [0.29, 0.717) is 19.5 Å². The number of carbonyl (C=O) groups excluding carboxylic acids is 2. The predicted molar refractivity (Wildman–Crippen MR) is 128 cm³/mol. The van der Waals surface area contributed by atoms with E-state index < -0.39 is 5.54 Å². The number of hydrogen-bond acceptors (Lipinski definition) is 5. The number of imide groups is 1. The number of piperazine rings is 1. The molecule has 2 heterocycles. The summed E-state index contributed by atoms with van der Waals surface area (Å²) in [5.74, 6) is 0.652. The zero-order chi connectivity index (χ0) is 23.4. The molecule has 0 aliphatic carbocycles. The summed E-state index contributed by atoms with van der Waals surface area (Å²) in [6.07, 6.45) is 1.25. The highest BCUT2D eigenvalue weighted by atomic mass is 35.5. The SMILES string of the molecule is COc1ccc(CCC2(C)NC(=O)N(CN3CCN(Cc4ccc(Cl)cc4)CC3)C2=O)cc1. The van der Waals surface area contributed by atoms with Crippen LogP contribution in [-0.2, 0) is 17.8 Å². The fourth-order valence-electron chi connectivity index (χ4n) is 4.37. The lowest BCUT2D eigenvalue weighted by Crippen LogP contribution is -2.51. The number of amides is 3. The van der Waals surface area contributed by atoms with Crippen molar-refractivity contribution in [1.29, 1.82) is 0 Å². The van der Waals surface area contributed by atoms with Gasteiger partial charge in [-0.2, -0.15) is 0 Å². The maximum Gasteiger partial charge on any atom is 0.326 e. The van der Waals surface area contributed by atoms with Crippen LogP contribution in [0.4, 0.5) is 4.79 Å². The Morgan fingerprint density at radius 2 is 1.55 bits per heavy atom. The van der Waals surface area contributed by atoms with Crippen molar-refractivity contribution < 1.29 is 14.3 Å². The average Bonchev–Trinajstić information content (AvgIpc) is 3.04. The van der Waals surface area contributed by atoms with E-state index in [9.17, 15) is 9.59 Å². The second-order valence-corrected chi connectivity index (χ2v) is 9.44. The molecule has 3 amide bonds. The molecule has 0 aromatic heterocycles. The van der Waals surface area contributed by atoms with Gasteiger partial charge in [0.2, 0.25) is 0 Å². The summed E-state index contributed by atoms with van der Waals surface area (Å²) < 4.78 is 5.19. The number of halogens is 1. The molecule has 7 nitrogen and oxygen atoms in total. The first kappa shape index (κ1) is 23.5. The quantitative estimate of drug-likeness (QED) is 0.599. The largest absolute Gasteiger partial charge is 0.497 e. The van der Waals surface area contributed by atoms with Crippen LogP contribution in [0, 0.1) is 0 Å². The maximum atomic E-state index is 13.1. The van der Waals surface area contributed by atoms with E-state index in [0.717, 1.165) is 49.1 Å². The number of urea groups is 1. The summed E-state index contributed by atoms with van der Waals surface area (Å²) in [7, 11) is 1.64. The third-order valence-electron chi connectivity index (χ3n) is 6.54.